The molecule has 0 bridgehead atoms. The van der Waals surface area contributed by atoms with Crippen LogP contribution in [0.25, 0.3) is 5.65 Å². The lowest BCUT2D eigenvalue weighted by Gasteiger charge is -2.35. The molecule has 2 aliphatic carbocycles. The minimum Gasteiger partial charge on any atom is -0.379 e. The van der Waals surface area contributed by atoms with Gasteiger partial charge in [-0.15, -0.1) is 0 Å². The van der Waals surface area contributed by atoms with Crippen molar-refractivity contribution in [2.24, 2.45) is 0 Å². The first-order chi connectivity index (χ1) is 15.5. The van der Waals surface area contributed by atoms with Gasteiger partial charge in [0, 0.05) is 32.8 Å². The Hall–Kier alpha value is -3.47. The second-order valence-corrected chi connectivity index (χ2v) is 8.08. The number of methoxy groups -OCH3 is 1. The number of carbonyl (C=O) groups excluding carboxylic acids is 1. The van der Waals surface area contributed by atoms with Crippen molar-refractivity contribution in [3.8, 4) is 0 Å². The van der Waals surface area contributed by atoms with Gasteiger partial charge in [0.25, 0.3) is 11.5 Å². The van der Waals surface area contributed by atoms with Crippen molar-refractivity contribution < 1.29 is 13.9 Å². The van der Waals surface area contributed by atoms with Crippen LogP contribution in [0.3, 0.4) is 0 Å². The van der Waals surface area contributed by atoms with E-state index in [0.717, 1.165) is 12.8 Å². The molecule has 0 spiro atoms. The summed E-state index contributed by atoms with van der Waals surface area (Å²) in [6.07, 6.45) is 4.17. The summed E-state index contributed by atoms with van der Waals surface area (Å²) >= 11 is 0. The fourth-order valence-electron chi connectivity index (χ4n) is 3.97. The number of nitrogens with one attached hydrogen (secondary N) is 3. The quantitative estimate of drug-likeness (QED) is 0.513. The van der Waals surface area contributed by atoms with E-state index in [1.165, 1.54) is 15.3 Å². The van der Waals surface area contributed by atoms with Crippen molar-refractivity contribution in [3.05, 3.63) is 46.5 Å². The van der Waals surface area contributed by atoms with Gasteiger partial charge >= 0.3 is 0 Å². The second kappa shape index (κ2) is 7.90. The van der Waals surface area contributed by atoms with E-state index in [-0.39, 0.29) is 29.3 Å². The van der Waals surface area contributed by atoms with Gasteiger partial charge in [-0.25, -0.2) is 9.37 Å². The van der Waals surface area contributed by atoms with E-state index < -0.39 is 12.2 Å². The summed E-state index contributed by atoms with van der Waals surface area (Å²) in [5.74, 6) is 0.651. The lowest BCUT2D eigenvalue weighted by molar-refractivity contribution is 0.00732. The molecule has 168 valence electrons. The molecule has 5 rings (SSSR count). The number of aromatic nitrogens is 4. The van der Waals surface area contributed by atoms with E-state index in [1.54, 1.807) is 38.6 Å². The van der Waals surface area contributed by atoms with E-state index in [1.807, 2.05) is 0 Å². The molecular formula is C21H24FN7O3. The van der Waals surface area contributed by atoms with Gasteiger partial charge in [0.15, 0.2) is 5.65 Å². The zero-order chi connectivity index (χ0) is 22.4. The molecule has 0 saturated heterocycles. The molecule has 2 aliphatic rings. The molecule has 11 heteroatoms. The molecule has 3 N–H and O–H groups in total. The molecule has 3 aromatic rings. The molecular weight excluding hydrogens is 417 g/mol. The number of ether oxygens (including phenoxy) is 1. The summed E-state index contributed by atoms with van der Waals surface area (Å²) < 4.78 is 21.7. The van der Waals surface area contributed by atoms with Gasteiger partial charge in [-0.3, -0.25) is 9.59 Å². The summed E-state index contributed by atoms with van der Waals surface area (Å²) in [5, 5.41) is 13.3. The molecule has 3 aromatic heterocycles. The number of fused-ring (bicyclic) bond motifs is 1. The van der Waals surface area contributed by atoms with Gasteiger partial charge in [0.1, 0.15) is 29.1 Å². The van der Waals surface area contributed by atoms with Crippen LogP contribution in [-0.2, 0) is 4.74 Å². The molecule has 10 nitrogen and oxygen atoms in total. The van der Waals surface area contributed by atoms with Gasteiger partial charge in [0.05, 0.1) is 24.4 Å². The zero-order valence-electron chi connectivity index (χ0n) is 17.7. The topological polar surface area (TPSA) is 115 Å². The highest BCUT2D eigenvalue weighted by atomic mass is 19.1. The lowest BCUT2D eigenvalue weighted by Crippen LogP contribution is -2.51. The van der Waals surface area contributed by atoms with E-state index >= 15 is 0 Å². The molecule has 4 atom stereocenters. The van der Waals surface area contributed by atoms with E-state index in [4.69, 9.17) is 4.74 Å². The fraction of sp³-hybridized carbons (Fsp3) is 0.429. The molecule has 0 radical (unpaired) electrons. The summed E-state index contributed by atoms with van der Waals surface area (Å²) in [5.41, 5.74) is 0.601. The van der Waals surface area contributed by atoms with Crippen molar-refractivity contribution in [2.45, 2.75) is 43.6 Å². The van der Waals surface area contributed by atoms with E-state index in [9.17, 15) is 14.0 Å². The second-order valence-electron chi connectivity index (χ2n) is 8.08. The van der Waals surface area contributed by atoms with Crippen LogP contribution >= 0.6 is 0 Å². The summed E-state index contributed by atoms with van der Waals surface area (Å²) in [4.78, 5) is 30.2. The molecule has 0 unspecified atom stereocenters. The number of anilines is 3. The van der Waals surface area contributed by atoms with Crippen LogP contribution in [0.2, 0.25) is 0 Å². The number of pyridine rings is 1. The highest BCUT2D eigenvalue weighted by Crippen LogP contribution is 2.37. The van der Waals surface area contributed by atoms with Gasteiger partial charge in [-0.05, 0) is 25.0 Å². The number of rotatable bonds is 7. The van der Waals surface area contributed by atoms with E-state index in [0.29, 0.717) is 29.3 Å². The highest BCUT2D eigenvalue weighted by molar-refractivity contribution is 6.00. The number of hydrogen-bond donors (Lipinski definition) is 3. The number of halogens is 1. The molecule has 1 amide bonds. The largest absolute Gasteiger partial charge is 0.379 e. The molecule has 2 fully saturated rings. The number of amides is 1. The SMILES string of the molecule is CNc1cc(Nc2cccn([C@@H]3C[C@H]3F)c2=O)nc2c(C(=O)N[C@@H]3CC[C@H]3OC)cnn12. The smallest absolute Gasteiger partial charge is 0.274 e. The third kappa shape index (κ3) is 3.48. The Kier molecular flexibility index (Phi) is 5.04. The maximum absolute atomic E-state index is 13.5. The maximum Gasteiger partial charge on any atom is 0.274 e. The van der Waals surface area contributed by atoms with Crippen LogP contribution in [0, 0.1) is 0 Å². The Morgan fingerprint density at radius 1 is 1.34 bits per heavy atom. The standard InChI is InChI=1S/C21H24FN7O3/c1-23-18-9-17(25-14-4-3-7-28(21(14)31)15-8-12(15)22)27-19-11(10-24-29(18)19)20(30)26-13-5-6-16(13)32-2/h3-4,7,9-10,12-13,15-16,23H,5-6,8H2,1-2H3,(H,25,27)(H,26,30)/t12-,13-,15-,16-/m1/s1. The Morgan fingerprint density at radius 2 is 2.16 bits per heavy atom. The lowest BCUT2D eigenvalue weighted by atomic mass is 9.89. The van der Waals surface area contributed by atoms with Crippen LogP contribution in [-0.4, -0.2) is 57.5 Å². The summed E-state index contributed by atoms with van der Waals surface area (Å²) in [6.45, 7) is 0. The predicted octanol–water partition coefficient (Wildman–Crippen LogP) is 1.87. The summed E-state index contributed by atoms with van der Waals surface area (Å²) in [7, 11) is 3.35. The van der Waals surface area contributed by atoms with Crippen molar-refractivity contribution in [2.75, 3.05) is 24.8 Å². The molecule has 3 heterocycles. The molecule has 0 aliphatic heterocycles. The first-order valence-electron chi connectivity index (χ1n) is 10.5. The van der Waals surface area contributed by atoms with Gasteiger partial charge in [0.2, 0.25) is 0 Å². The normalized spacial score (nSPS) is 24.1. The minimum absolute atomic E-state index is 0.00878. The Labute approximate surface area is 182 Å². The summed E-state index contributed by atoms with van der Waals surface area (Å²) in [6, 6.07) is 4.53. The van der Waals surface area contributed by atoms with Crippen LogP contribution < -0.4 is 21.5 Å². The molecule has 2 saturated carbocycles. The zero-order valence-corrected chi connectivity index (χ0v) is 17.7. The first kappa shape index (κ1) is 20.4. The average Bonchev–Trinajstić information content (AvgIpc) is 3.33. The van der Waals surface area contributed by atoms with Gasteiger partial charge in [-0.2, -0.15) is 9.61 Å². The van der Waals surface area contributed by atoms with Crippen LogP contribution in [0.4, 0.5) is 21.7 Å². The number of nitrogens with zero attached hydrogens (tertiary/aromatic N) is 4. The first-order valence-corrected chi connectivity index (χ1v) is 10.5. The van der Waals surface area contributed by atoms with Crippen molar-refractivity contribution in [1.82, 2.24) is 24.5 Å². The monoisotopic (exact) mass is 441 g/mol. The highest BCUT2D eigenvalue weighted by Gasteiger charge is 2.40. The number of alkyl halides is 1. The Morgan fingerprint density at radius 3 is 2.81 bits per heavy atom. The molecule has 0 aromatic carbocycles. The maximum atomic E-state index is 13.5. The van der Waals surface area contributed by atoms with Gasteiger partial charge < -0.3 is 25.3 Å². The van der Waals surface area contributed by atoms with Crippen LogP contribution in [0.5, 0.6) is 0 Å². The Bertz CT molecular complexity index is 1240. The average molecular weight is 441 g/mol. The number of hydrogen-bond acceptors (Lipinski definition) is 7. The van der Waals surface area contributed by atoms with Gasteiger partial charge in [-0.1, -0.05) is 0 Å². The minimum atomic E-state index is -0.991. The predicted molar refractivity (Wildman–Crippen MR) is 116 cm³/mol. The van der Waals surface area contributed by atoms with Crippen molar-refractivity contribution in [1.29, 1.82) is 0 Å². The van der Waals surface area contributed by atoms with Crippen molar-refractivity contribution >= 4 is 28.9 Å². The number of carbonyl (C=O) groups is 1. The Balaban J connectivity index is 1.46. The van der Waals surface area contributed by atoms with Crippen molar-refractivity contribution in [3.63, 3.8) is 0 Å². The van der Waals surface area contributed by atoms with Crippen LogP contribution in [0.1, 0.15) is 35.7 Å². The molecule has 32 heavy (non-hydrogen) atoms. The third-order valence-electron chi connectivity index (χ3n) is 6.08. The third-order valence-corrected chi connectivity index (χ3v) is 6.08. The van der Waals surface area contributed by atoms with Crippen LogP contribution in [0.15, 0.2) is 35.4 Å². The van der Waals surface area contributed by atoms with E-state index in [2.05, 4.69) is 26.0 Å². The fourth-order valence-corrected chi connectivity index (χ4v) is 3.97.